The maximum absolute atomic E-state index is 12.6. The van der Waals surface area contributed by atoms with Crippen LogP contribution in [0.3, 0.4) is 0 Å². The number of nitrogens with zero attached hydrogens (tertiary/aromatic N) is 2. The number of benzene rings is 1. The summed E-state index contributed by atoms with van der Waals surface area (Å²) in [4.78, 5) is 17.0. The van der Waals surface area contributed by atoms with Gasteiger partial charge in [0.25, 0.3) is 5.91 Å². The summed E-state index contributed by atoms with van der Waals surface area (Å²) >= 11 is 0. The molecule has 5 heteroatoms. The fourth-order valence-electron chi connectivity index (χ4n) is 3.30. The number of pyridine rings is 1. The van der Waals surface area contributed by atoms with E-state index in [4.69, 9.17) is 5.26 Å². The van der Waals surface area contributed by atoms with Crippen molar-refractivity contribution < 1.29 is 4.79 Å². The Labute approximate surface area is 153 Å². The van der Waals surface area contributed by atoms with Gasteiger partial charge >= 0.3 is 0 Å². The van der Waals surface area contributed by atoms with E-state index in [-0.39, 0.29) is 5.91 Å². The van der Waals surface area contributed by atoms with E-state index in [1.165, 1.54) is 19.3 Å². The topological polar surface area (TPSA) is 77.8 Å². The van der Waals surface area contributed by atoms with Gasteiger partial charge in [-0.1, -0.05) is 12.5 Å². The zero-order valence-corrected chi connectivity index (χ0v) is 14.7. The van der Waals surface area contributed by atoms with E-state index in [2.05, 4.69) is 21.7 Å². The van der Waals surface area contributed by atoms with Crippen molar-refractivity contribution in [2.45, 2.75) is 38.0 Å². The third-order valence-corrected chi connectivity index (χ3v) is 5.24. The van der Waals surface area contributed by atoms with Crippen LogP contribution >= 0.6 is 0 Å². The van der Waals surface area contributed by atoms with Crippen LogP contribution in [0.2, 0.25) is 0 Å². The van der Waals surface area contributed by atoms with Crippen molar-refractivity contribution >= 4 is 17.4 Å². The lowest BCUT2D eigenvalue weighted by molar-refractivity contribution is 0.0937. The molecular weight excluding hydrogens is 324 g/mol. The second-order valence-corrected chi connectivity index (χ2v) is 7.26. The normalized spacial score (nSPS) is 16.4. The Kier molecular flexibility index (Phi) is 4.57. The predicted octanol–water partition coefficient (Wildman–Crippen LogP) is 4.10. The van der Waals surface area contributed by atoms with Gasteiger partial charge in [-0.3, -0.25) is 4.79 Å². The summed E-state index contributed by atoms with van der Waals surface area (Å²) in [6, 6.07) is 11.4. The highest BCUT2D eigenvalue weighted by Gasteiger charge is 2.29. The molecule has 2 aliphatic rings. The molecule has 0 spiro atoms. The molecule has 0 radical (unpaired) electrons. The van der Waals surface area contributed by atoms with Crippen molar-refractivity contribution in [2.75, 3.05) is 11.9 Å². The van der Waals surface area contributed by atoms with E-state index >= 15 is 0 Å². The second kappa shape index (κ2) is 7.17. The fraction of sp³-hybridized carbons (Fsp3) is 0.381. The van der Waals surface area contributed by atoms with Crippen LogP contribution in [0.1, 0.15) is 59.5 Å². The van der Waals surface area contributed by atoms with Gasteiger partial charge in [0.2, 0.25) is 0 Å². The zero-order valence-electron chi connectivity index (χ0n) is 14.7. The zero-order chi connectivity index (χ0) is 17.9. The number of rotatable bonds is 6. The molecule has 1 amide bonds. The van der Waals surface area contributed by atoms with Gasteiger partial charge in [0.1, 0.15) is 5.82 Å². The molecule has 0 bridgehead atoms. The molecule has 132 valence electrons. The van der Waals surface area contributed by atoms with Crippen molar-refractivity contribution in [1.29, 1.82) is 5.26 Å². The molecule has 2 fully saturated rings. The number of nitriles is 1. The van der Waals surface area contributed by atoms with Crippen molar-refractivity contribution in [1.82, 2.24) is 10.3 Å². The van der Waals surface area contributed by atoms with Gasteiger partial charge in [0, 0.05) is 18.4 Å². The maximum Gasteiger partial charge on any atom is 0.253 e. The van der Waals surface area contributed by atoms with Crippen molar-refractivity contribution in [3.05, 3.63) is 53.2 Å². The second-order valence-electron chi connectivity index (χ2n) is 7.26. The predicted molar refractivity (Wildman–Crippen MR) is 100 cm³/mol. The molecule has 2 aliphatic carbocycles. The minimum Gasteiger partial charge on any atom is -0.352 e. The molecule has 0 atom stereocenters. The van der Waals surface area contributed by atoms with Crippen LogP contribution in [-0.4, -0.2) is 17.4 Å². The summed E-state index contributed by atoms with van der Waals surface area (Å²) in [6.07, 6.45) is 7.65. The van der Waals surface area contributed by atoms with Gasteiger partial charge in [-0.15, -0.1) is 0 Å². The molecule has 26 heavy (non-hydrogen) atoms. The lowest BCUT2D eigenvalue weighted by Gasteiger charge is -2.25. The largest absolute Gasteiger partial charge is 0.352 e. The molecule has 0 saturated heterocycles. The van der Waals surface area contributed by atoms with Crippen molar-refractivity contribution in [3.63, 3.8) is 0 Å². The van der Waals surface area contributed by atoms with Gasteiger partial charge in [-0.25, -0.2) is 4.98 Å². The summed E-state index contributed by atoms with van der Waals surface area (Å²) in [5.41, 5.74) is 3.19. The number of carbonyl (C=O) groups is 1. The van der Waals surface area contributed by atoms with Crippen LogP contribution < -0.4 is 10.6 Å². The molecule has 5 nitrogen and oxygen atoms in total. The first-order chi connectivity index (χ1) is 12.7. The first-order valence-corrected chi connectivity index (χ1v) is 9.28. The van der Waals surface area contributed by atoms with Crippen LogP contribution in [-0.2, 0) is 0 Å². The Morgan fingerprint density at radius 1 is 1.23 bits per heavy atom. The van der Waals surface area contributed by atoms with Crippen LogP contribution in [0.25, 0.3) is 0 Å². The Bertz CT molecular complexity index is 863. The summed E-state index contributed by atoms with van der Waals surface area (Å²) in [7, 11) is 0. The van der Waals surface area contributed by atoms with Gasteiger partial charge in [0.15, 0.2) is 0 Å². The smallest absolute Gasteiger partial charge is 0.253 e. The maximum atomic E-state index is 12.6. The van der Waals surface area contributed by atoms with E-state index < -0.39 is 0 Å². The van der Waals surface area contributed by atoms with Crippen LogP contribution in [0.5, 0.6) is 0 Å². The molecule has 2 aromatic rings. The highest BCUT2D eigenvalue weighted by Crippen LogP contribution is 2.42. The van der Waals surface area contributed by atoms with E-state index in [1.54, 1.807) is 18.3 Å². The monoisotopic (exact) mass is 346 g/mol. The molecule has 1 heterocycles. The average Bonchev–Trinajstić information content (AvgIpc) is 3.45. The third-order valence-electron chi connectivity index (χ3n) is 5.24. The van der Waals surface area contributed by atoms with E-state index in [9.17, 15) is 4.79 Å². The highest BCUT2D eigenvalue weighted by atomic mass is 16.1. The minimum absolute atomic E-state index is 0.00988. The molecule has 1 aromatic carbocycles. The third kappa shape index (κ3) is 3.70. The van der Waals surface area contributed by atoms with Gasteiger partial charge in [-0.05, 0) is 67.3 Å². The van der Waals surface area contributed by atoms with Crippen LogP contribution in [0.4, 0.5) is 11.5 Å². The Morgan fingerprint density at radius 3 is 2.77 bits per heavy atom. The van der Waals surface area contributed by atoms with E-state index in [1.807, 2.05) is 18.2 Å². The minimum atomic E-state index is -0.00988. The Hall–Kier alpha value is -2.87. The molecule has 4 rings (SSSR count). The standard InChI is InChI=1S/C21H22N4O/c22-11-15-5-2-6-17(9-15)25-20-10-18(16-7-8-16)19(13-23-20)21(26)24-12-14-3-1-4-14/h2,5-6,9-10,13-14,16H,1,3-4,7-8,12H2,(H,23,25)(H,24,26). The molecule has 2 N–H and O–H groups in total. The number of aromatic nitrogens is 1. The Morgan fingerprint density at radius 2 is 2.08 bits per heavy atom. The highest BCUT2D eigenvalue weighted by molar-refractivity contribution is 5.96. The number of carbonyl (C=O) groups excluding carboxylic acids is 1. The van der Waals surface area contributed by atoms with Gasteiger partial charge < -0.3 is 10.6 Å². The van der Waals surface area contributed by atoms with E-state index in [0.29, 0.717) is 28.8 Å². The molecule has 2 saturated carbocycles. The number of anilines is 2. The van der Waals surface area contributed by atoms with Crippen molar-refractivity contribution in [2.24, 2.45) is 5.92 Å². The average molecular weight is 346 g/mol. The number of hydrogen-bond donors (Lipinski definition) is 2. The van der Waals surface area contributed by atoms with Gasteiger partial charge in [-0.2, -0.15) is 5.26 Å². The van der Waals surface area contributed by atoms with E-state index in [0.717, 1.165) is 30.6 Å². The number of amides is 1. The first kappa shape index (κ1) is 16.6. The van der Waals surface area contributed by atoms with Gasteiger partial charge in [0.05, 0.1) is 17.2 Å². The summed E-state index contributed by atoms with van der Waals surface area (Å²) < 4.78 is 0. The quantitative estimate of drug-likeness (QED) is 0.825. The summed E-state index contributed by atoms with van der Waals surface area (Å²) in [5.74, 6) is 1.79. The SMILES string of the molecule is N#Cc1cccc(Nc2cc(C3CC3)c(C(=O)NCC3CCC3)cn2)c1. The molecule has 0 unspecified atom stereocenters. The van der Waals surface area contributed by atoms with Crippen LogP contribution in [0.15, 0.2) is 36.5 Å². The fourth-order valence-corrected chi connectivity index (χ4v) is 3.30. The molecule has 0 aliphatic heterocycles. The lowest BCUT2D eigenvalue weighted by atomic mass is 9.85. The number of hydrogen-bond acceptors (Lipinski definition) is 4. The lowest BCUT2D eigenvalue weighted by Crippen LogP contribution is -2.32. The molecular formula is C21H22N4O. The number of nitrogens with one attached hydrogen (secondary N) is 2. The van der Waals surface area contributed by atoms with Crippen molar-refractivity contribution in [3.8, 4) is 6.07 Å². The Balaban J connectivity index is 1.51. The first-order valence-electron chi connectivity index (χ1n) is 9.28. The van der Waals surface area contributed by atoms with Crippen LogP contribution in [0, 0.1) is 17.2 Å². The summed E-state index contributed by atoms with van der Waals surface area (Å²) in [6.45, 7) is 0.768. The summed E-state index contributed by atoms with van der Waals surface area (Å²) in [5, 5.41) is 15.3. The molecule has 1 aromatic heterocycles.